The van der Waals surface area contributed by atoms with Crippen molar-refractivity contribution in [2.75, 3.05) is 14.2 Å². The van der Waals surface area contributed by atoms with Crippen LogP contribution in [-0.2, 0) is 4.79 Å². The average molecular weight is 406 g/mol. The molecular weight excluding hydrogens is 388 g/mol. The van der Waals surface area contributed by atoms with Gasteiger partial charge in [0.2, 0.25) is 5.75 Å². The highest BCUT2D eigenvalue weighted by Crippen LogP contribution is 2.39. The van der Waals surface area contributed by atoms with Crippen LogP contribution >= 0.6 is 11.3 Å². The topological polar surface area (TPSA) is 81.4 Å². The molecule has 0 aliphatic carbocycles. The fourth-order valence-electron chi connectivity index (χ4n) is 2.68. The first kappa shape index (κ1) is 20.1. The molecule has 0 fully saturated rings. The second-order valence-electron chi connectivity index (χ2n) is 5.92. The van der Waals surface area contributed by atoms with E-state index in [1.165, 1.54) is 32.5 Å². The number of methoxy groups -OCH3 is 2. The van der Waals surface area contributed by atoms with Gasteiger partial charge in [0.25, 0.3) is 0 Å². The number of nitrogens with zero attached hydrogens (tertiary/aromatic N) is 2. The zero-order valence-corrected chi connectivity index (χ0v) is 16.9. The van der Waals surface area contributed by atoms with E-state index in [0.29, 0.717) is 27.6 Å². The highest BCUT2D eigenvalue weighted by molar-refractivity contribution is 7.11. The molecule has 0 spiro atoms. The summed E-state index contributed by atoms with van der Waals surface area (Å²) >= 11 is 1.39. The van der Waals surface area contributed by atoms with E-state index in [-0.39, 0.29) is 5.75 Å². The van der Waals surface area contributed by atoms with Crippen molar-refractivity contribution in [1.82, 2.24) is 4.98 Å². The fourth-order valence-corrected chi connectivity index (χ4v) is 3.47. The molecule has 0 saturated heterocycles. The number of hydrogen-bond donors (Lipinski definition) is 0. The maximum atomic E-state index is 11.4. The van der Waals surface area contributed by atoms with Crippen LogP contribution in [0.3, 0.4) is 0 Å². The van der Waals surface area contributed by atoms with Gasteiger partial charge >= 0.3 is 5.97 Å². The smallest absolute Gasteiger partial charge is 0.308 e. The van der Waals surface area contributed by atoms with Gasteiger partial charge in [-0.3, -0.25) is 4.79 Å². The van der Waals surface area contributed by atoms with Gasteiger partial charge in [-0.25, -0.2) is 4.98 Å². The summed E-state index contributed by atoms with van der Waals surface area (Å²) in [5.74, 6) is 0.358. The third-order valence-corrected chi connectivity index (χ3v) is 4.84. The molecule has 0 aliphatic heterocycles. The van der Waals surface area contributed by atoms with Crippen LogP contribution in [0.1, 0.15) is 17.5 Å². The molecule has 6 nitrogen and oxygen atoms in total. The van der Waals surface area contributed by atoms with Crippen molar-refractivity contribution >= 4 is 29.0 Å². The summed E-state index contributed by atoms with van der Waals surface area (Å²) in [7, 11) is 2.93. The Hall–Kier alpha value is -3.63. The van der Waals surface area contributed by atoms with E-state index >= 15 is 0 Å². The molecule has 7 heteroatoms. The van der Waals surface area contributed by atoms with E-state index < -0.39 is 5.97 Å². The summed E-state index contributed by atoms with van der Waals surface area (Å²) in [6.45, 7) is 1.30. The SMILES string of the molecule is COc1cc(/C=C(\C#N)c2nc(-c3ccccc3)cs2)cc(OC)c1OC(C)=O. The van der Waals surface area contributed by atoms with Crippen LogP contribution in [0.15, 0.2) is 47.8 Å². The maximum Gasteiger partial charge on any atom is 0.308 e. The zero-order chi connectivity index (χ0) is 20.8. The number of ether oxygens (including phenoxy) is 3. The van der Waals surface area contributed by atoms with Crippen LogP contribution in [0.25, 0.3) is 22.9 Å². The van der Waals surface area contributed by atoms with Crippen LogP contribution in [-0.4, -0.2) is 25.2 Å². The number of benzene rings is 2. The summed E-state index contributed by atoms with van der Waals surface area (Å²) in [5, 5.41) is 12.2. The maximum absolute atomic E-state index is 11.4. The van der Waals surface area contributed by atoms with E-state index in [9.17, 15) is 10.1 Å². The van der Waals surface area contributed by atoms with Crippen molar-refractivity contribution in [3.05, 3.63) is 58.4 Å². The quantitative estimate of drug-likeness (QED) is 0.332. The predicted molar refractivity (Wildman–Crippen MR) is 112 cm³/mol. The van der Waals surface area contributed by atoms with Crippen molar-refractivity contribution < 1.29 is 19.0 Å². The molecule has 2 aromatic carbocycles. The minimum atomic E-state index is -0.487. The summed E-state index contributed by atoms with van der Waals surface area (Å²) in [5.41, 5.74) is 2.86. The second-order valence-corrected chi connectivity index (χ2v) is 6.78. The van der Waals surface area contributed by atoms with Crippen molar-refractivity contribution in [3.8, 4) is 34.6 Å². The van der Waals surface area contributed by atoms with Crippen molar-refractivity contribution in [2.24, 2.45) is 0 Å². The Kier molecular flexibility index (Phi) is 6.27. The van der Waals surface area contributed by atoms with Gasteiger partial charge in [-0.2, -0.15) is 5.26 Å². The number of rotatable bonds is 6. The molecule has 0 bridgehead atoms. The van der Waals surface area contributed by atoms with Crippen molar-refractivity contribution in [2.45, 2.75) is 6.92 Å². The lowest BCUT2D eigenvalue weighted by Crippen LogP contribution is -2.05. The Bertz CT molecular complexity index is 1070. The highest BCUT2D eigenvalue weighted by Gasteiger charge is 2.16. The number of carbonyl (C=O) groups is 1. The van der Waals surface area contributed by atoms with Gasteiger partial charge in [0, 0.05) is 17.9 Å². The van der Waals surface area contributed by atoms with Crippen LogP contribution in [0.5, 0.6) is 17.2 Å². The lowest BCUT2D eigenvalue weighted by atomic mass is 10.1. The Morgan fingerprint density at radius 2 is 1.79 bits per heavy atom. The van der Waals surface area contributed by atoms with Gasteiger partial charge in [-0.1, -0.05) is 30.3 Å². The molecule has 0 amide bonds. The number of thiazole rings is 1. The molecule has 3 rings (SSSR count). The molecule has 0 atom stereocenters. The van der Waals surface area contributed by atoms with Crippen LogP contribution in [0, 0.1) is 11.3 Å². The van der Waals surface area contributed by atoms with Gasteiger partial charge in [0.05, 0.1) is 25.5 Å². The molecule has 0 aliphatic rings. The van der Waals surface area contributed by atoms with Gasteiger partial charge in [0.15, 0.2) is 11.5 Å². The molecule has 29 heavy (non-hydrogen) atoms. The first-order valence-corrected chi connectivity index (χ1v) is 9.51. The Labute approximate surface area is 172 Å². The summed E-state index contributed by atoms with van der Waals surface area (Å²) in [6.07, 6.45) is 1.69. The highest BCUT2D eigenvalue weighted by atomic mass is 32.1. The number of aromatic nitrogens is 1. The third kappa shape index (κ3) is 4.62. The molecular formula is C22H18N2O4S. The number of esters is 1. The van der Waals surface area contributed by atoms with E-state index in [0.717, 1.165) is 11.3 Å². The summed E-state index contributed by atoms with van der Waals surface area (Å²) < 4.78 is 15.9. The van der Waals surface area contributed by atoms with E-state index in [1.807, 2.05) is 35.7 Å². The molecule has 146 valence electrons. The zero-order valence-electron chi connectivity index (χ0n) is 16.1. The minimum absolute atomic E-state index is 0.193. The molecule has 0 radical (unpaired) electrons. The van der Waals surface area contributed by atoms with E-state index in [1.54, 1.807) is 18.2 Å². The Morgan fingerprint density at radius 1 is 1.14 bits per heavy atom. The molecule has 1 heterocycles. The number of carbonyl (C=O) groups excluding carboxylic acids is 1. The lowest BCUT2D eigenvalue weighted by Gasteiger charge is -2.13. The largest absolute Gasteiger partial charge is 0.493 e. The van der Waals surface area contributed by atoms with Gasteiger partial charge in [-0.15, -0.1) is 11.3 Å². The number of allylic oxidation sites excluding steroid dienone is 1. The average Bonchev–Trinajstić information content (AvgIpc) is 3.23. The lowest BCUT2D eigenvalue weighted by molar-refractivity contribution is -0.132. The van der Waals surface area contributed by atoms with Gasteiger partial charge in [-0.05, 0) is 23.8 Å². The predicted octanol–water partition coefficient (Wildman–Crippen LogP) is 4.82. The van der Waals surface area contributed by atoms with Crippen LogP contribution < -0.4 is 14.2 Å². The summed E-state index contributed by atoms with van der Waals surface area (Å²) in [6, 6.07) is 15.3. The normalized spacial score (nSPS) is 10.9. The first-order chi connectivity index (χ1) is 14.0. The Morgan fingerprint density at radius 3 is 2.34 bits per heavy atom. The fraction of sp³-hybridized carbons (Fsp3) is 0.136. The standard InChI is InChI=1S/C22H18N2O4S/c1-14(25)28-21-19(26-2)10-15(11-20(21)27-3)9-17(12-23)22-24-18(13-29-22)16-7-5-4-6-8-16/h4-11,13H,1-3H3/b17-9+. The van der Waals surface area contributed by atoms with Crippen molar-refractivity contribution in [3.63, 3.8) is 0 Å². The van der Waals surface area contributed by atoms with E-state index in [2.05, 4.69) is 11.1 Å². The van der Waals surface area contributed by atoms with E-state index in [4.69, 9.17) is 14.2 Å². The molecule has 0 unspecified atom stereocenters. The van der Waals surface area contributed by atoms with Crippen LogP contribution in [0.2, 0.25) is 0 Å². The molecule has 3 aromatic rings. The number of nitriles is 1. The van der Waals surface area contributed by atoms with Gasteiger partial charge in [0.1, 0.15) is 11.1 Å². The molecule has 0 N–H and O–H groups in total. The minimum Gasteiger partial charge on any atom is -0.493 e. The van der Waals surface area contributed by atoms with Gasteiger partial charge < -0.3 is 14.2 Å². The first-order valence-electron chi connectivity index (χ1n) is 8.63. The Balaban J connectivity index is 2.00. The second kappa shape index (κ2) is 9.04. The molecule has 0 saturated carbocycles. The summed E-state index contributed by atoms with van der Waals surface area (Å²) in [4.78, 5) is 16.0. The van der Waals surface area contributed by atoms with Crippen molar-refractivity contribution in [1.29, 1.82) is 5.26 Å². The molecule has 1 aromatic heterocycles. The van der Waals surface area contributed by atoms with Crippen LogP contribution in [0.4, 0.5) is 0 Å². The number of hydrogen-bond acceptors (Lipinski definition) is 7. The monoisotopic (exact) mass is 406 g/mol. The third-order valence-electron chi connectivity index (χ3n) is 3.96.